The molecule has 1 aliphatic heterocycles. The zero-order valence-corrected chi connectivity index (χ0v) is 13.4. The largest absolute Gasteiger partial charge is 0.353 e. The van der Waals surface area contributed by atoms with Crippen LogP contribution in [0.5, 0.6) is 0 Å². The SMILES string of the molecule is CCN1CCN(c2nc(C(C)C)nc3c2cnn3C)CC1. The van der Waals surface area contributed by atoms with Gasteiger partial charge >= 0.3 is 0 Å². The predicted molar refractivity (Wildman–Crippen MR) is 84.7 cm³/mol. The van der Waals surface area contributed by atoms with Gasteiger partial charge in [0.25, 0.3) is 0 Å². The van der Waals surface area contributed by atoms with Gasteiger partial charge in [-0.15, -0.1) is 0 Å². The molecule has 0 saturated carbocycles. The highest BCUT2D eigenvalue weighted by molar-refractivity contribution is 5.87. The highest BCUT2D eigenvalue weighted by atomic mass is 15.3. The van der Waals surface area contributed by atoms with Crippen molar-refractivity contribution in [1.82, 2.24) is 24.6 Å². The summed E-state index contributed by atoms with van der Waals surface area (Å²) >= 11 is 0. The first-order valence-electron chi connectivity index (χ1n) is 7.77. The van der Waals surface area contributed by atoms with Crippen LogP contribution in [0.15, 0.2) is 6.20 Å². The van der Waals surface area contributed by atoms with Crippen LogP contribution >= 0.6 is 0 Å². The number of nitrogens with zero attached hydrogens (tertiary/aromatic N) is 6. The summed E-state index contributed by atoms with van der Waals surface area (Å²) in [5.74, 6) is 2.27. The van der Waals surface area contributed by atoms with Crippen LogP contribution in [0.4, 0.5) is 5.82 Å². The van der Waals surface area contributed by atoms with E-state index >= 15 is 0 Å². The Labute approximate surface area is 125 Å². The van der Waals surface area contributed by atoms with E-state index in [1.807, 2.05) is 17.9 Å². The Balaban J connectivity index is 2.01. The summed E-state index contributed by atoms with van der Waals surface area (Å²) in [4.78, 5) is 14.4. The number of rotatable bonds is 3. The zero-order valence-electron chi connectivity index (χ0n) is 13.4. The number of aromatic nitrogens is 4. The van der Waals surface area contributed by atoms with Gasteiger partial charge in [0.15, 0.2) is 5.65 Å². The highest BCUT2D eigenvalue weighted by Crippen LogP contribution is 2.26. The topological polar surface area (TPSA) is 50.1 Å². The lowest BCUT2D eigenvalue weighted by atomic mass is 10.2. The van der Waals surface area contributed by atoms with E-state index in [9.17, 15) is 0 Å². The molecule has 2 aromatic heterocycles. The molecule has 0 atom stereocenters. The van der Waals surface area contributed by atoms with Crippen molar-refractivity contribution < 1.29 is 0 Å². The van der Waals surface area contributed by atoms with Gasteiger partial charge in [0.2, 0.25) is 0 Å². The van der Waals surface area contributed by atoms with Crippen molar-refractivity contribution in [2.24, 2.45) is 7.05 Å². The number of hydrogen-bond acceptors (Lipinski definition) is 5. The molecule has 6 heteroatoms. The predicted octanol–water partition coefficient (Wildman–Crippen LogP) is 1.63. The van der Waals surface area contributed by atoms with Crippen molar-refractivity contribution >= 4 is 16.9 Å². The highest BCUT2D eigenvalue weighted by Gasteiger charge is 2.22. The first-order valence-corrected chi connectivity index (χ1v) is 7.77. The summed E-state index contributed by atoms with van der Waals surface area (Å²) in [6.45, 7) is 11.8. The normalized spacial score (nSPS) is 17.1. The van der Waals surface area contributed by atoms with E-state index in [1.54, 1.807) is 0 Å². The van der Waals surface area contributed by atoms with Crippen molar-refractivity contribution in [1.29, 1.82) is 0 Å². The van der Waals surface area contributed by atoms with Crippen LogP contribution in [0.3, 0.4) is 0 Å². The molecule has 0 unspecified atom stereocenters. The van der Waals surface area contributed by atoms with Crippen LogP contribution in [0.1, 0.15) is 32.5 Å². The number of hydrogen-bond donors (Lipinski definition) is 0. The minimum Gasteiger partial charge on any atom is -0.353 e. The van der Waals surface area contributed by atoms with Crippen LogP contribution in [0.2, 0.25) is 0 Å². The van der Waals surface area contributed by atoms with Crippen molar-refractivity contribution in [2.75, 3.05) is 37.6 Å². The summed E-state index contributed by atoms with van der Waals surface area (Å²) in [5.41, 5.74) is 0.932. The van der Waals surface area contributed by atoms with E-state index < -0.39 is 0 Å². The summed E-state index contributed by atoms with van der Waals surface area (Å²) in [6, 6.07) is 0. The lowest BCUT2D eigenvalue weighted by molar-refractivity contribution is 0.270. The molecule has 21 heavy (non-hydrogen) atoms. The second-order valence-electron chi connectivity index (χ2n) is 5.99. The Morgan fingerprint density at radius 1 is 1.14 bits per heavy atom. The summed E-state index contributed by atoms with van der Waals surface area (Å²) < 4.78 is 1.84. The molecule has 0 aliphatic carbocycles. The van der Waals surface area contributed by atoms with E-state index in [4.69, 9.17) is 4.98 Å². The van der Waals surface area contributed by atoms with Crippen LogP contribution in [-0.4, -0.2) is 57.4 Å². The number of piperazine rings is 1. The van der Waals surface area contributed by atoms with E-state index in [0.29, 0.717) is 5.92 Å². The van der Waals surface area contributed by atoms with Crippen molar-refractivity contribution in [3.63, 3.8) is 0 Å². The molecule has 0 N–H and O–H groups in total. The smallest absolute Gasteiger partial charge is 0.163 e. The Kier molecular flexibility index (Phi) is 3.80. The molecule has 0 amide bonds. The molecule has 0 bridgehead atoms. The second kappa shape index (κ2) is 5.60. The molecule has 1 fully saturated rings. The number of anilines is 1. The Hall–Kier alpha value is -1.69. The van der Waals surface area contributed by atoms with Crippen molar-refractivity contribution in [2.45, 2.75) is 26.7 Å². The lowest BCUT2D eigenvalue weighted by Crippen LogP contribution is -2.46. The number of aryl methyl sites for hydroxylation is 1. The first kappa shape index (κ1) is 14.3. The van der Waals surface area contributed by atoms with E-state index in [1.165, 1.54) is 0 Å². The molecule has 114 valence electrons. The molecule has 1 saturated heterocycles. The average molecular weight is 288 g/mol. The summed E-state index contributed by atoms with van der Waals surface area (Å²) in [7, 11) is 1.94. The first-order chi connectivity index (χ1) is 10.1. The quantitative estimate of drug-likeness (QED) is 0.859. The fourth-order valence-electron chi connectivity index (χ4n) is 2.80. The van der Waals surface area contributed by atoms with Crippen LogP contribution in [0.25, 0.3) is 11.0 Å². The van der Waals surface area contributed by atoms with Gasteiger partial charge in [-0.2, -0.15) is 5.10 Å². The molecule has 0 aromatic carbocycles. The van der Waals surface area contributed by atoms with Gasteiger partial charge in [-0.25, -0.2) is 9.97 Å². The molecule has 0 radical (unpaired) electrons. The third-order valence-corrected chi connectivity index (χ3v) is 4.22. The third kappa shape index (κ3) is 2.60. The van der Waals surface area contributed by atoms with Gasteiger partial charge in [-0.05, 0) is 6.54 Å². The van der Waals surface area contributed by atoms with Gasteiger partial charge < -0.3 is 9.80 Å². The fraction of sp³-hybridized carbons (Fsp3) is 0.667. The summed E-state index contributed by atoms with van der Waals surface area (Å²) in [5, 5.41) is 5.42. The van der Waals surface area contributed by atoms with Crippen LogP contribution in [-0.2, 0) is 7.05 Å². The maximum absolute atomic E-state index is 4.83. The molecule has 0 spiro atoms. The molecule has 1 aliphatic rings. The van der Waals surface area contributed by atoms with Gasteiger partial charge in [0.1, 0.15) is 11.6 Å². The molecule has 3 heterocycles. The molecule has 6 nitrogen and oxygen atoms in total. The lowest BCUT2D eigenvalue weighted by Gasteiger charge is -2.35. The van der Waals surface area contributed by atoms with Crippen molar-refractivity contribution in [3.05, 3.63) is 12.0 Å². The fourth-order valence-corrected chi connectivity index (χ4v) is 2.80. The Bertz CT molecular complexity index is 624. The maximum atomic E-state index is 4.83. The van der Waals surface area contributed by atoms with Crippen LogP contribution in [0, 0.1) is 0 Å². The summed E-state index contributed by atoms with van der Waals surface area (Å²) in [6.07, 6.45) is 1.89. The average Bonchev–Trinajstić information content (AvgIpc) is 2.88. The molecule has 2 aromatic rings. The van der Waals surface area contributed by atoms with E-state index in [-0.39, 0.29) is 0 Å². The monoisotopic (exact) mass is 288 g/mol. The van der Waals surface area contributed by atoms with E-state index in [0.717, 1.165) is 55.4 Å². The Morgan fingerprint density at radius 3 is 2.48 bits per heavy atom. The van der Waals surface area contributed by atoms with Gasteiger partial charge in [0.05, 0.1) is 11.6 Å². The molecular formula is C15H24N6. The van der Waals surface area contributed by atoms with Gasteiger partial charge in [-0.3, -0.25) is 4.68 Å². The standard InChI is InChI=1S/C15H24N6/c1-5-20-6-8-21(9-7-20)15-12-10-16-19(4)14(12)17-13(18-15)11(2)3/h10-11H,5-9H2,1-4H3. The minimum atomic E-state index is 0.319. The third-order valence-electron chi connectivity index (χ3n) is 4.22. The molecule has 3 rings (SSSR count). The van der Waals surface area contributed by atoms with E-state index in [2.05, 4.69) is 40.7 Å². The Morgan fingerprint density at radius 2 is 1.86 bits per heavy atom. The van der Waals surface area contributed by atoms with Gasteiger partial charge in [0, 0.05) is 39.1 Å². The second-order valence-corrected chi connectivity index (χ2v) is 5.99. The van der Waals surface area contributed by atoms with Crippen molar-refractivity contribution in [3.8, 4) is 0 Å². The van der Waals surface area contributed by atoms with Crippen LogP contribution < -0.4 is 4.90 Å². The number of fused-ring (bicyclic) bond motifs is 1. The number of likely N-dealkylation sites (N-methyl/N-ethyl adjacent to an activating group) is 1. The minimum absolute atomic E-state index is 0.319. The molecular weight excluding hydrogens is 264 g/mol. The zero-order chi connectivity index (χ0) is 15.0. The maximum Gasteiger partial charge on any atom is 0.163 e. The van der Waals surface area contributed by atoms with Gasteiger partial charge in [-0.1, -0.05) is 20.8 Å².